The minimum absolute atomic E-state index is 0.0237. The Morgan fingerprint density at radius 3 is 2.44 bits per heavy atom. The van der Waals surface area contributed by atoms with E-state index < -0.39 is 22.4 Å². The molecule has 1 unspecified atom stereocenters. The number of carbonyl (C=O) groups excluding carboxylic acids is 1. The maximum absolute atomic E-state index is 14.3. The van der Waals surface area contributed by atoms with Crippen LogP contribution in [0.4, 0.5) is 19.0 Å². The Kier molecular flexibility index (Phi) is 6.19. The van der Waals surface area contributed by atoms with Crippen LogP contribution in [0.2, 0.25) is 10.0 Å². The monoisotopic (exact) mass is 505 g/mol. The topological polar surface area (TPSA) is 62.3 Å². The number of carbonyl (C=O) groups is 1. The fourth-order valence-electron chi connectivity index (χ4n) is 4.16. The van der Waals surface area contributed by atoms with Crippen molar-refractivity contribution in [3.05, 3.63) is 57.2 Å². The first-order chi connectivity index (χ1) is 15.0. The fourth-order valence-corrected chi connectivity index (χ4v) is 5.66. The predicted molar refractivity (Wildman–Crippen MR) is 119 cm³/mol. The molecule has 2 fully saturated rings. The molecule has 32 heavy (non-hydrogen) atoms. The predicted octanol–water partition coefficient (Wildman–Crippen LogP) is 4.27. The van der Waals surface area contributed by atoms with Crippen LogP contribution in [0.15, 0.2) is 30.5 Å². The van der Waals surface area contributed by atoms with Gasteiger partial charge < -0.3 is 10.2 Å². The van der Waals surface area contributed by atoms with Crippen molar-refractivity contribution in [2.24, 2.45) is 0 Å². The Labute approximate surface area is 195 Å². The van der Waals surface area contributed by atoms with Crippen LogP contribution in [0.5, 0.6) is 0 Å². The van der Waals surface area contributed by atoms with Crippen molar-refractivity contribution in [3.8, 4) is 0 Å². The third kappa shape index (κ3) is 4.34. The van der Waals surface area contributed by atoms with Gasteiger partial charge in [0.2, 0.25) is 0 Å². The molecule has 2 saturated heterocycles. The van der Waals surface area contributed by atoms with Gasteiger partial charge in [-0.2, -0.15) is 13.2 Å². The number of benzene rings is 1. The first kappa shape index (κ1) is 23.3. The highest BCUT2D eigenvalue weighted by molar-refractivity contribution is 7.86. The summed E-state index contributed by atoms with van der Waals surface area (Å²) in [6.07, 6.45) is -3.32. The highest BCUT2D eigenvalue weighted by atomic mass is 35.5. The number of hydrogen-bond donors (Lipinski definition) is 1. The number of rotatable bonds is 4. The Hall–Kier alpha value is -1.84. The van der Waals surface area contributed by atoms with E-state index >= 15 is 0 Å². The van der Waals surface area contributed by atoms with Crippen LogP contribution in [0, 0.1) is 6.92 Å². The number of alkyl halides is 3. The summed E-state index contributed by atoms with van der Waals surface area (Å²) in [7, 11) is -0.885. The van der Waals surface area contributed by atoms with Crippen molar-refractivity contribution in [1.29, 1.82) is 0 Å². The largest absolute Gasteiger partial charge is 0.400 e. The van der Waals surface area contributed by atoms with Crippen LogP contribution >= 0.6 is 23.2 Å². The Morgan fingerprint density at radius 2 is 1.88 bits per heavy atom. The van der Waals surface area contributed by atoms with E-state index in [0.29, 0.717) is 28.5 Å². The molecular weight excluding hydrogens is 486 g/mol. The number of aryl methyl sites for hydroxylation is 1. The molecule has 5 nitrogen and oxygen atoms in total. The molecule has 4 rings (SSSR count). The molecule has 0 bridgehead atoms. The van der Waals surface area contributed by atoms with Gasteiger partial charge in [0, 0.05) is 51.6 Å². The van der Waals surface area contributed by atoms with Crippen LogP contribution in [0.3, 0.4) is 0 Å². The second-order valence-corrected chi connectivity index (χ2v) is 10.6. The SMILES string of the molecule is Cc1cc(N2CCC(c3cc(Cl)cc(Cl)c3)(C(F)(F)F)C2)ncc1C(=O)NC1CS(=O)C1. The second kappa shape index (κ2) is 8.50. The smallest absolute Gasteiger partial charge is 0.355 e. The van der Waals surface area contributed by atoms with Gasteiger partial charge in [-0.3, -0.25) is 9.00 Å². The van der Waals surface area contributed by atoms with Gasteiger partial charge in [0.15, 0.2) is 0 Å². The number of anilines is 1. The number of nitrogens with one attached hydrogen (secondary N) is 1. The minimum Gasteiger partial charge on any atom is -0.355 e. The molecule has 1 N–H and O–H groups in total. The van der Waals surface area contributed by atoms with Gasteiger partial charge in [0.25, 0.3) is 5.91 Å². The van der Waals surface area contributed by atoms with E-state index in [1.54, 1.807) is 17.9 Å². The van der Waals surface area contributed by atoms with Crippen LogP contribution < -0.4 is 10.2 Å². The Balaban J connectivity index is 1.58. The lowest BCUT2D eigenvalue weighted by molar-refractivity contribution is -0.184. The first-order valence-corrected chi connectivity index (χ1v) is 12.1. The number of aromatic nitrogens is 1. The molecule has 1 aromatic heterocycles. The van der Waals surface area contributed by atoms with Crippen molar-refractivity contribution < 1.29 is 22.2 Å². The van der Waals surface area contributed by atoms with Crippen molar-refractivity contribution in [1.82, 2.24) is 10.3 Å². The molecule has 172 valence electrons. The molecule has 1 atom stereocenters. The molecule has 2 aliphatic heterocycles. The van der Waals surface area contributed by atoms with Crippen LogP contribution in [-0.4, -0.2) is 51.9 Å². The van der Waals surface area contributed by atoms with E-state index in [-0.39, 0.29) is 47.1 Å². The van der Waals surface area contributed by atoms with Crippen molar-refractivity contribution in [3.63, 3.8) is 0 Å². The van der Waals surface area contributed by atoms with E-state index in [4.69, 9.17) is 23.2 Å². The molecular formula is C21H20Cl2F3N3O2S. The zero-order chi connectivity index (χ0) is 23.3. The summed E-state index contributed by atoms with van der Waals surface area (Å²) in [5.74, 6) is 0.889. The number of hydrogen-bond acceptors (Lipinski definition) is 4. The summed E-state index contributed by atoms with van der Waals surface area (Å²) in [4.78, 5) is 18.3. The standard InChI is InChI=1S/C21H20Cl2F3N3O2S/c1-12-4-18(27-8-17(12)19(30)28-16-9-32(31)10-16)29-3-2-20(11-29,21(24,25)26)13-5-14(22)7-15(23)6-13/h4-8,16H,2-3,9-11H2,1H3,(H,28,30). The van der Waals surface area contributed by atoms with Gasteiger partial charge in [-0.1, -0.05) is 23.2 Å². The van der Waals surface area contributed by atoms with Crippen molar-refractivity contribution in [2.45, 2.75) is 31.0 Å². The zero-order valence-electron chi connectivity index (χ0n) is 17.0. The van der Waals surface area contributed by atoms with Crippen LogP contribution in [0.25, 0.3) is 0 Å². The lowest BCUT2D eigenvalue weighted by atomic mass is 9.79. The van der Waals surface area contributed by atoms with E-state index in [1.807, 2.05) is 0 Å². The number of nitrogens with zero attached hydrogens (tertiary/aromatic N) is 2. The fraction of sp³-hybridized carbons (Fsp3) is 0.429. The van der Waals surface area contributed by atoms with E-state index in [0.717, 1.165) is 0 Å². The number of halogens is 5. The molecule has 2 aromatic rings. The van der Waals surface area contributed by atoms with Gasteiger partial charge >= 0.3 is 6.18 Å². The summed E-state index contributed by atoms with van der Waals surface area (Å²) in [6.45, 7) is 1.51. The second-order valence-electron chi connectivity index (χ2n) is 8.21. The molecule has 0 radical (unpaired) electrons. The normalized spacial score (nSPS) is 25.5. The summed E-state index contributed by atoms with van der Waals surface area (Å²) in [5, 5.41) is 3.09. The van der Waals surface area contributed by atoms with E-state index in [2.05, 4.69) is 10.3 Å². The Morgan fingerprint density at radius 1 is 1.22 bits per heavy atom. The molecule has 11 heteroatoms. The van der Waals surface area contributed by atoms with Crippen molar-refractivity contribution in [2.75, 3.05) is 29.5 Å². The molecule has 1 aromatic carbocycles. The maximum atomic E-state index is 14.3. The van der Waals surface area contributed by atoms with Gasteiger partial charge in [0.1, 0.15) is 11.2 Å². The summed E-state index contributed by atoms with van der Waals surface area (Å²) < 4.78 is 54.0. The molecule has 0 spiro atoms. The lowest BCUT2D eigenvalue weighted by Crippen LogP contribution is -2.50. The third-order valence-corrected chi connectivity index (χ3v) is 7.99. The Bertz CT molecular complexity index is 1070. The quantitative estimate of drug-likeness (QED) is 0.673. The number of pyridine rings is 1. The molecule has 0 aliphatic carbocycles. The summed E-state index contributed by atoms with van der Waals surface area (Å²) >= 11 is 12.0. The average molecular weight is 506 g/mol. The third-order valence-electron chi connectivity index (χ3n) is 6.00. The lowest BCUT2D eigenvalue weighted by Gasteiger charge is -2.33. The highest BCUT2D eigenvalue weighted by Crippen LogP contribution is 2.49. The van der Waals surface area contributed by atoms with Crippen molar-refractivity contribution >= 4 is 45.7 Å². The van der Waals surface area contributed by atoms with Gasteiger partial charge in [-0.15, -0.1) is 0 Å². The molecule has 1 amide bonds. The minimum atomic E-state index is -4.52. The van der Waals surface area contributed by atoms with Gasteiger partial charge in [0.05, 0.1) is 11.6 Å². The summed E-state index contributed by atoms with van der Waals surface area (Å²) in [5.41, 5.74) is -1.17. The number of amides is 1. The maximum Gasteiger partial charge on any atom is 0.400 e. The highest BCUT2D eigenvalue weighted by Gasteiger charge is 2.59. The van der Waals surface area contributed by atoms with E-state index in [1.165, 1.54) is 24.4 Å². The molecule has 2 aliphatic rings. The first-order valence-electron chi connectivity index (χ1n) is 9.89. The van der Waals surface area contributed by atoms with Crippen LogP contribution in [-0.2, 0) is 16.2 Å². The zero-order valence-corrected chi connectivity index (χ0v) is 19.3. The van der Waals surface area contributed by atoms with E-state index in [9.17, 15) is 22.2 Å². The average Bonchev–Trinajstić information content (AvgIpc) is 3.12. The molecule has 0 saturated carbocycles. The molecule has 3 heterocycles. The van der Waals surface area contributed by atoms with Gasteiger partial charge in [-0.25, -0.2) is 4.98 Å². The van der Waals surface area contributed by atoms with Gasteiger partial charge in [-0.05, 0) is 48.7 Å². The van der Waals surface area contributed by atoms with Crippen LogP contribution in [0.1, 0.15) is 27.9 Å². The summed E-state index contributed by atoms with van der Waals surface area (Å²) in [6, 6.07) is 5.51.